The Morgan fingerprint density at radius 2 is 2.00 bits per heavy atom. The van der Waals surface area contributed by atoms with Crippen molar-refractivity contribution in [2.45, 2.75) is 24.7 Å². The number of esters is 1. The van der Waals surface area contributed by atoms with Gasteiger partial charge in [0.1, 0.15) is 5.75 Å². The Morgan fingerprint density at radius 1 is 1.26 bits per heavy atom. The Labute approximate surface area is 208 Å². The van der Waals surface area contributed by atoms with Gasteiger partial charge in [-0.25, -0.2) is 13.4 Å². The summed E-state index contributed by atoms with van der Waals surface area (Å²) in [7, 11) is -3.70. The van der Waals surface area contributed by atoms with Crippen LogP contribution in [0.3, 0.4) is 0 Å². The molecule has 2 heterocycles. The first-order chi connectivity index (χ1) is 16.9. The third kappa shape index (κ3) is 6.05. The molecule has 11 heteroatoms. The number of nitrogens with zero attached hydrogens (tertiary/aromatic N) is 3. The largest absolute Gasteiger partial charge is 0.508 e. The Morgan fingerprint density at radius 3 is 2.71 bits per heavy atom. The molecule has 4 rings (SSSR count). The zero-order chi connectivity index (χ0) is 24.8. The molecule has 35 heavy (non-hydrogen) atoms. The standard InChI is InChI=1S/C24H26N4O5S2/c1-2-33-23(30)18-10-12-28(13-11-18)35(31,32)21-5-3-4-19(14-21)22-16-34-24(26-22)27-25-15-17-6-8-20(29)9-7-17/h3-9,14-16,18,29H,2,10-13H2,1H3,(H,26,27). The molecule has 0 unspecified atom stereocenters. The zero-order valence-electron chi connectivity index (χ0n) is 19.1. The maximum absolute atomic E-state index is 13.2. The highest BCUT2D eigenvalue weighted by Crippen LogP contribution is 2.29. The Kier molecular flexibility index (Phi) is 7.79. The quantitative estimate of drug-likeness (QED) is 0.265. The van der Waals surface area contributed by atoms with E-state index in [0.717, 1.165) is 5.56 Å². The molecule has 1 saturated heterocycles. The normalized spacial score (nSPS) is 15.3. The van der Waals surface area contributed by atoms with E-state index in [1.807, 2.05) is 11.4 Å². The van der Waals surface area contributed by atoms with Gasteiger partial charge in [-0.2, -0.15) is 9.41 Å². The molecule has 0 radical (unpaired) electrons. The summed E-state index contributed by atoms with van der Waals surface area (Å²) in [6.45, 7) is 2.64. The third-order valence-electron chi connectivity index (χ3n) is 5.61. The first-order valence-corrected chi connectivity index (χ1v) is 13.5. The average molecular weight is 515 g/mol. The van der Waals surface area contributed by atoms with Crippen molar-refractivity contribution in [3.8, 4) is 17.0 Å². The summed E-state index contributed by atoms with van der Waals surface area (Å²) >= 11 is 1.35. The Balaban J connectivity index is 1.42. The van der Waals surface area contributed by atoms with Crippen molar-refractivity contribution >= 4 is 38.7 Å². The number of phenols is 1. The first kappa shape index (κ1) is 24.8. The van der Waals surface area contributed by atoms with Crippen molar-refractivity contribution in [2.75, 3.05) is 25.1 Å². The molecule has 0 bridgehead atoms. The molecule has 0 saturated carbocycles. The molecule has 0 amide bonds. The van der Waals surface area contributed by atoms with Crippen molar-refractivity contribution in [1.82, 2.24) is 9.29 Å². The maximum Gasteiger partial charge on any atom is 0.309 e. The van der Waals surface area contributed by atoms with Crippen LogP contribution >= 0.6 is 11.3 Å². The second-order valence-corrected chi connectivity index (χ2v) is 10.8. The van der Waals surface area contributed by atoms with Gasteiger partial charge in [-0.1, -0.05) is 12.1 Å². The predicted octanol–water partition coefficient (Wildman–Crippen LogP) is 3.93. The Hall–Kier alpha value is -3.28. The number of rotatable bonds is 8. The lowest BCUT2D eigenvalue weighted by Gasteiger charge is -2.30. The highest BCUT2D eigenvalue weighted by molar-refractivity contribution is 7.89. The molecule has 184 valence electrons. The summed E-state index contributed by atoms with van der Waals surface area (Å²) in [5, 5.41) is 15.9. The number of aromatic hydroxyl groups is 1. The van der Waals surface area contributed by atoms with Gasteiger partial charge < -0.3 is 9.84 Å². The van der Waals surface area contributed by atoms with Crippen LogP contribution in [0.25, 0.3) is 11.3 Å². The monoisotopic (exact) mass is 514 g/mol. The first-order valence-electron chi connectivity index (χ1n) is 11.2. The van der Waals surface area contributed by atoms with Crippen molar-refractivity contribution in [3.63, 3.8) is 0 Å². The summed E-state index contributed by atoms with van der Waals surface area (Å²) in [6, 6.07) is 13.3. The molecule has 1 aliphatic heterocycles. The topological polar surface area (TPSA) is 121 Å². The van der Waals surface area contributed by atoms with Crippen molar-refractivity contribution in [3.05, 3.63) is 59.5 Å². The molecule has 1 fully saturated rings. The minimum atomic E-state index is -3.70. The van der Waals surface area contributed by atoms with E-state index in [4.69, 9.17) is 4.74 Å². The van der Waals surface area contributed by atoms with Crippen LogP contribution in [0.4, 0.5) is 5.13 Å². The van der Waals surface area contributed by atoms with Crippen LogP contribution < -0.4 is 5.43 Å². The number of ether oxygens (including phenoxy) is 1. The third-order valence-corrected chi connectivity index (χ3v) is 8.25. The summed E-state index contributed by atoms with van der Waals surface area (Å²) in [6.07, 6.45) is 2.51. The van der Waals surface area contributed by atoms with E-state index in [1.54, 1.807) is 55.6 Å². The minimum absolute atomic E-state index is 0.185. The van der Waals surface area contributed by atoms with Crippen LogP contribution in [-0.2, 0) is 19.6 Å². The van der Waals surface area contributed by atoms with Gasteiger partial charge >= 0.3 is 5.97 Å². The second kappa shape index (κ2) is 11.0. The van der Waals surface area contributed by atoms with Gasteiger partial charge in [0, 0.05) is 24.0 Å². The number of nitrogens with one attached hydrogen (secondary N) is 1. The van der Waals surface area contributed by atoms with Crippen LogP contribution in [0.2, 0.25) is 0 Å². The maximum atomic E-state index is 13.2. The van der Waals surface area contributed by atoms with Gasteiger partial charge in [0.05, 0.1) is 29.3 Å². The van der Waals surface area contributed by atoms with Crippen LogP contribution in [0.1, 0.15) is 25.3 Å². The lowest BCUT2D eigenvalue weighted by atomic mass is 9.98. The fourth-order valence-corrected chi connectivity index (χ4v) is 5.92. The number of benzene rings is 2. The van der Waals surface area contributed by atoms with E-state index in [9.17, 15) is 18.3 Å². The molecule has 2 aromatic carbocycles. The lowest BCUT2D eigenvalue weighted by molar-refractivity contribution is -0.149. The number of hydrazone groups is 1. The number of phenolic OH excluding ortho intramolecular Hbond substituents is 1. The molecular formula is C24H26N4O5S2. The Bertz CT molecular complexity index is 1300. The molecule has 1 aliphatic rings. The summed E-state index contributed by atoms with van der Waals surface area (Å²) < 4.78 is 32.9. The van der Waals surface area contributed by atoms with E-state index < -0.39 is 10.0 Å². The molecule has 0 atom stereocenters. The van der Waals surface area contributed by atoms with E-state index in [1.165, 1.54) is 15.6 Å². The van der Waals surface area contributed by atoms with Gasteiger partial charge in [-0.15, -0.1) is 11.3 Å². The molecule has 2 N–H and O–H groups in total. The highest BCUT2D eigenvalue weighted by atomic mass is 32.2. The summed E-state index contributed by atoms with van der Waals surface area (Å²) in [5.41, 5.74) is 5.00. The molecule has 3 aromatic rings. The van der Waals surface area contributed by atoms with E-state index in [-0.39, 0.29) is 35.6 Å². The van der Waals surface area contributed by atoms with Gasteiger partial charge in [0.15, 0.2) is 0 Å². The van der Waals surface area contributed by atoms with Crippen molar-refractivity contribution in [2.24, 2.45) is 11.0 Å². The minimum Gasteiger partial charge on any atom is -0.508 e. The SMILES string of the molecule is CCOC(=O)C1CCN(S(=O)(=O)c2cccc(-c3csc(NN=Cc4ccc(O)cc4)n3)c2)CC1. The summed E-state index contributed by atoms with van der Waals surface area (Å²) in [5.74, 6) is -0.331. The number of hydrogen-bond donors (Lipinski definition) is 2. The fraction of sp³-hybridized carbons (Fsp3) is 0.292. The number of hydrogen-bond acceptors (Lipinski definition) is 9. The van der Waals surface area contributed by atoms with Gasteiger partial charge in [-0.3, -0.25) is 10.2 Å². The molecular weight excluding hydrogens is 488 g/mol. The second-order valence-electron chi connectivity index (χ2n) is 7.96. The lowest BCUT2D eigenvalue weighted by Crippen LogP contribution is -2.40. The molecule has 0 spiro atoms. The number of carbonyl (C=O) groups excluding carboxylic acids is 1. The highest BCUT2D eigenvalue weighted by Gasteiger charge is 2.32. The van der Waals surface area contributed by atoms with E-state index in [2.05, 4.69) is 15.5 Å². The van der Waals surface area contributed by atoms with Crippen molar-refractivity contribution in [1.29, 1.82) is 0 Å². The zero-order valence-corrected chi connectivity index (χ0v) is 20.8. The van der Waals surface area contributed by atoms with Crippen molar-refractivity contribution < 1.29 is 23.1 Å². The number of piperidine rings is 1. The van der Waals surface area contributed by atoms with E-state index in [0.29, 0.717) is 35.8 Å². The number of sulfonamides is 1. The van der Waals surface area contributed by atoms with Crippen LogP contribution in [-0.4, -0.2) is 54.7 Å². The summed E-state index contributed by atoms with van der Waals surface area (Å²) in [4.78, 5) is 16.7. The van der Waals surface area contributed by atoms with E-state index >= 15 is 0 Å². The average Bonchev–Trinajstić information content (AvgIpc) is 3.34. The molecule has 9 nitrogen and oxygen atoms in total. The van der Waals surface area contributed by atoms with Gasteiger partial charge in [0.2, 0.25) is 15.2 Å². The predicted molar refractivity (Wildman–Crippen MR) is 135 cm³/mol. The van der Waals surface area contributed by atoms with Crippen LogP contribution in [0, 0.1) is 5.92 Å². The van der Waals surface area contributed by atoms with Crippen LogP contribution in [0.5, 0.6) is 5.75 Å². The smallest absolute Gasteiger partial charge is 0.309 e. The number of thiazole rings is 1. The molecule has 1 aromatic heterocycles. The van der Waals surface area contributed by atoms with Crippen LogP contribution in [0.15, 0.2) is 63.9 Å². The number of carbonyl (C=O) groups is 1. The number of anilines is 1. The van der Waals surface area contributed by atoms with Gasteiger partial charge in [-0.05, 0) is 61.7 Å². The number of aromatic nitrogens is 1. The fourth-order valence-electron chi connectivity index (χ4n) is 3.74. The molecule has 0 aliphatic carbocycles. The van der Waals surface area contributed by atoms with Gasteiger partial charge in [0.25, 0.3) is 0 Å².